The summed E-state index contributed by atoms with van der Waals surface area (Å²) in [7, 11) is 1.59. The fourth-order valence-electron chi connectivity index (χ4n) is 3.18. The molecule has 1 aromatic heterocycles. The lowest BCUT2D eigenvalue weighted by Crippen LogP contribution is -2.40. The summed E-state index contributed by atoms with van der Waals surface area (Å²) in [5, 5.41) is 11.3. The van der Waals surface area contributed by atoms with Gasteiger partial charge in [-0.25, -0.2) is 4.79 Å². The Bertz CT molecular complexity index is 748. The van der Waals surface area contributed by atoms with Crippen molar-refractivity contribution >= 4 is 11.7 Å². The van der Waals surface area contributed by atoms with E-state index in [1.54, 1.807) is 7.11 Å². The summed E-state index contributed by atoms with van der Waals surface area (Å²) in [5.74, 6) is 2.89. The number of carbonyl (C=O) groups is 1. The van der Waals surface area contributed by atoms with Crippen LogP contribution >= 0.6 is 0 Å². The van der Waals surface area contributed by atoms with E-state index in [0.717, 1.165) is 37.5 Å². The summed E-state index contributed by atoms with van der Waals surface area (Å²) < 4.78 is 11.1. The third kappa shape index (κ3) is 3.45. The van der Waals surface area contributed by atoms with E-state index in [1.165, 1.54) is 0 Å². The lowest BCUT2D eigenvalue weighted by Gasteiger charge is -2.30. The molecular formula is C18H22N4O3. The Balaban J connectivity index is 1.33. The first-order chi connectivity index (χ1) is 12.2. The number of nitrogens with zero attached hydrogens (tertiary/aromatic N) is 3. The van der Waals surface area contributed by atoms with Gasteiger partial charge in [0.15, 0.2) is 0 Å². The van der Waals surface area contributed by atoms with Crippen molar-refractivity contribution in [3.63, 3.8) is 0 Å². The van der Waals surface area contributed by atoms with Crippen LogP contribution in [0, 0.1) is 0 Å². The summed E-state index contributed by atoms with van der Waals surface area (Å²) in [5.41, 5.74) is 0.683. The van der Waals surface area contributed by atoms with Gasteiger partial charge in [0.1, 0.15) is 5.75 Å². The SMILES string of the molecule is COc1ccccc1NC(=O)N1CCC(c2nnc(C3CC3)o2)CC1. The Kier molecular flexibility index (Phi) is 4.29. The molecule has 2 fully saturated rings. The molecule has 0 unspecified atom stereocenters. The Morgan fingerprint density at radius 1 is 1.12 bits per heavy atom. The van der Waals surface area contributed by atoms with Crippen molar-refractivity contribution in [1.29, 1.82) is 0 Å². The van der Waals surface area contributed by atoms with Crippen molar-refractivity contribution in [1.82, 2.24) is 15.1 Å². The molecule has 2 amide bonds. The van der Waals surface area contributed by atoms with Crippen molar-refractivity contribution in [2.75, 3.05) is 25.5 Å². The number of nitrogens with one attached hydrogen (secondary N) is 1. The largest absolute Gasteiger partial charge is 0.495 e. The zero-order valence-corrected chi connectivity index (χ0v) is 14.3. The molecule has 0 bridgehead atoms. The number of benzene rings is 1. The molecule has 132 valence electrons. The standard InChI is InChI=1S/C18H22N4O3/c1-24-15-5-3-2-4-14(15)19-18(23)22-10-8-13(9-11-22)17-21-20-16(25-17)12-6-7-12/h2-5,12-13H,6-11H2,1H3,(H,19,23). The van der Waals surface area contributed by atoms with Gasteiger partial charge < -0.3 is 19.4 Å². The van der Waals surface area contributed by atoms with Crippen LogP contribution in [-0.4, -0.2) is 41.3 Å². The van der Waals surface area contributed by atoms with Gasteiger partial charge >= 0.3 is 6.03 Å². The number of carbonyl (C=O) groups excluding carboxylic acids is 1. The number of aromatic nitrogens is 2. The third-order valence-corrected chi connectivity index (χ3v) is 4.86. The van der Waals surface area contributed by atoms with Crippen LogP contribution in [0.4, 0.5) is 10.5 Å². The first kappa shape index (κ1) is 15.9. The van der Waals surface area contributed by atoms with Crippen LogP contribution in [-0.2, 0) is 0 Å². The minimum absolute atomic E-state index is 0.104. The van der Waals surface area contributed by atoms with Crippen LogP contribution in [0.1, 0.15) is 49.3 Å². The highest BCUT2D eigenvalue weighted by Gasteiger charge is 2.32. The molecule has 1 aliphatic heterocycles. The van der Waals surface area contributed by atoms with Gasteiger partial charge in [-0.1, -0.05) is 12.1 Å². The van der Waals surface area contributed by atoms with Crippen molar-refractivity contribution < 1.29 is 13.9 Å². The lowest BCUT2D eigenvalue weighted by molar-refractivity contribution is 0.189. The summed E-state index contributed by atoms with van der Waals surface area (Å²) in [6.45, 7) is 1.35. The number of hydrogen-bond acceptors (Lipinski definition) is 5. The van der Waals surface area contributed by atoms with Gasteiger partial charge in [-0.3, -0.25) is 0 Å². The van der Waals surface area contributed by atoms with Gasteiger partial charge in [-0.15, -0.1) is 10.2 Å². The molecule has 25 heavy (non-hydrogen) atoms. The minimum Gasteiger partial charge on any atom is -0.495 e. The molecule has 1 saturated heterocycles. The molecule has 0 radical (unpaired) electrons. The second-order valence-electron chi connectivity index (χ2n) is 6.64. The van der Waals surface area contributed by atoms with E-state index in [1.807, 2.05) is 29.2 Å². The molecule has 7 nitrogen and oxygen atoms in total. The number of ether oxygens (including phenoxy) is 1. The Morgan fingerprint density at radius 3 is 2.40 bits per heavy atom. The molecule has 1 saturated carbocycles. The maximum Gasteiger partial charge on any atom is 0.321 e. The first-order valence-corrected chi connectivity index (χ1v) is 8.77. The zero-order chi connectivity index (χ0) is 17.2. The number of para-hydroxylation sites is 2. The topological polar surface area (TPSA) is 80.5 Å². The van der Waals surface area contributed by atoms with Crippen LogP contribution in [0.15, 0.2) is 28.7 Å². The summed E-state index contributed by atoms with van der Waals surface area (Å²) in [6, 6.07) is 7.31. The van der Waals surface area contributed by atoms with Gasteiger partial charge in [0.25, 0.3) is 0 Å². The van der Waals surface area contributed by atoms with Gasteiger partial charge in [0, 0.05) is 24.9 Å². The van der Waals surface area contributed by atoms with Gasteiger partial charge in [-0.05, 0) is 37.8 Å². The Hall–Kier alpha value is -2.57. The maximum atomic E-state index is 12.5. The van der Waals surface area contributed by atoms with Crippen LogP contribution in [0.2, 0.25) is 0 Å². The molecule has 1 aromatic carbocycles. The molecule has 1 aliphatic carbocycles. The maximum absolute atomic E-state index is 12.5. The number of urea groups is 1. The second kappa shape index (κ2) is 6.74. The number of likely N-dealkylation sites (tertiary alicyclic amines) is 1. The number of amides is 2. The monoisotopic (exact) mass is 342 g/mol. The highest BCUT2D eigenvalue weighted by Crippen LogP contribution is 2.40. The van der Waals surface area contributed by atoms with Crippen LogP contribution in [0.25, 0.3) is 0 Å². The number of methoxy groups -OCH3 is 1. The summed E-state index contributed by atoms with van der Waals surface area (Å²) >= 11 is 0. The molecule has 2 heterocycles. The quantitative estimate of drug-likeness (QED) is 0.921. The van der Waals surface area contributed by atoms with Crippen LogP contribution in [0.5, 0.6) is 5.75 Å². The van der Waals surface area contributed by atoms with Crippen molar-refractivity contribution in [3.05, 3.63) is 36.0 Å². The van der Waals surface area contributed by atoms with E-state index < -0.39 is 0 Å². The van der Waals surface area contributed by atoms with Crippen molar-refractivity contribution in [3.8, 4) is 5.75 Å². The third-order valence-electron chi connectivity index (χ3n) is 4.86. The molecular weight excluding hydrogens is 320 g/mol. The van der Waals surface area contributed by atoms with E-state index in [2.05, 4.69) is 15.5 Å². The highest BCUT2D eigenvalue weighted by molar-refractivity contribution is 5.91. The van der Waals surface area contributed by atoms with Gasteiger partial charge in [0.2, 0.25) is 11.8 Å². The number of piperidine rings is 1. The summed E-state index contributed by atoms with van der Waals surface area (Å²) in [6.07, 6.45) is 3.99. The van der Waals surface area contributed by atoms with Crippen LogP contribution < -0.4 is 10.1 Å². The number of rotatable bonds is 4. The Morgan fingerprint density at radius 2 is 1.76 bits per heavy atom. The van der Waals surface area contributed by atoms with E-state index >= 15 is 0 Å². The zero-order valence-electron chi connectivity index (χ0n) is 14.3. The number of anilines is 1. The fraction of sp³-hybridized carbons (Fsp3) is 0.500. The van der Waals surface area contributed by atoms with Crippen LogP contribution in [0.3, 0.4) is 0 Å². The van der Waals surface area contributed by atoms with Gasteiger partial charge in [-0.2, -0.15) is 0 Å². The van der Waals surface area contributed by atoms with E-state index in [-0.39, 0.29) is 11.9 Å². The molecule has 7 heteroatoms. The Labute approximate surface area is 146 Å². The lowest BCUT2D eigenvalue weighted by atomic mass is 9.97. The molecule has 2 aromatic rings. The molecule has 4 rings (SSSR count). The smallest absolute Gasteiger partial charge is 0.321 e. The van der Waals surface area contributed by atoms with E-state index in [4.69, 9.17) is 9.15 Å². The average Bonchev–Trinajstić information content (AvgIpc) is 3.39. The van der Waals surface area contributed by atoms with Gasteiger partial charge in [0.05, 0.1) is 12.8 Å². The number of hydrogen-bond donors (Lipinski definition) is 1. The highest BCUT2D eigenvalue weighted by atomic mass is 16.5. The van der Waals surface area contributed by atoms with E-state index in [0.29, 0.717) is 30.4 Å². The summed E-state index contributed by atoms with van der Waals surface area (Å²) in [4.78, 5) is 14.3. The minimum atomic E-state index is -0.104. The fourth-order valence-corrected chi connectivity index (χ4v) is 3.18. The molecule has 0 atom stereocenters. The second-order valence-corrected chi connectivity index (χ2v) is 6.64. The average molecular weight is 342 g/mol. The van der Waals surface area contributed by atoms with Crippen molar-refractivity contribution in [2.24, 2.45) is 0 Å². The molecule has 0 spiro atoms. The normalized spacial score (nSPS) is 18.2. The van der Waals surface area contributed by atoms with E-state index in [9.17, 15) is 4.79 Å². The predicted molar refractivity (Wildman–Crippen MR) is 91.8 cm³/mol. The molecule has 2 aliphatic rings. The first-order valence-electron chi connectivity index (χ1n) is 8.77. The molecule has 1 N–H and O–H groups in total. The predicted octanol–water partition coefficient (Wildman–Crippen LogP) is 3.37. The van der Waals surface area contributed by atoms with Crippen molar-refractivity contribution in [2.45, 2.75) is 37.5 Å².